The van der Waals surface area contributed by atoms with Crippen molar-refractivity contribution in [2.45, 2.75) is 25.7 Å². The third-order valence-electron chi connectivity index (χ3n) is 5.34. The smallest absolute Gasteiger partial charge is 0.271 e. The SMILES string of the molecule is O=C(NCCCc1ccc(F)cc1)c1cc(C(=O)NCCCc2ccc(F)cc2)cc([N+](=O)[O-])c1. The van der Waals surface area contributed by atoms with E-state index in [0.29, 0.717) is 38.8 Å². The fourth-order valence-corrected chi connectivity index (χ4v) is 3.47. The van der Waals surface area contributed by atoms with E-state index in [1.165, 1.54) is 30.3 Å². The van der Waals surface area contributed by atoms with Gasteiger partial charge < -0.3 is 10.6 Å². The predicted molar refractivity (Wildman–Crippen MR) is 127 cm³/mol. The zero-order valence-corrected chi connectivity index (χ0v) is 18.9. The van der Waals surface area contributed by atoms with Gasteiger partial charge in [0.1, 0.15) is 11.6 Å². The van der Waals surface area contributed by atoms with Gasteiger partial charge in [-0.1, -0.05) is 24.3 Å². The number of nitro groups is 1. The summed E-state index contributed by atoms with van der Waals surface area (Å²) in [5, 5.41) is 16.7. The second-order valence-corrected chi connectivity index (χ2v) is 8.00. The highest BCUT2D eigenvalue weighted by atomic mass is 19.1. The Morgan fingerprint density at radius 1 is 0.714 bits per heavy atom. The van der Waals surface area contributed by atoms with Crippen LogP contribution in [0.1, 0.15) is 44.7 Å². The van der Waals surface area contributed by atoms with Crippen molar-refractivity contribution in [1.29, 1.82) is 0 Å². The molecule has 2 N–H and O–H groups in total. The van der Waals surface area contributed by atoms with E-state index in [1.54, 1.807) is 24.3 Å². The molecular formula is C26H25F2N3O4. The van der Waals surface area contributed by atoms with Gasteiger partial charge in [-0.05, 0) is 67.1 Å². The number of nitrogens with one attached hydrogen (secondary N) is 2. The van der Waals surface area contributed by atoms with Crippen LogP contribution in [0.3, 0.4) is 0 Å². The monoisotopic (exact) mass is 481 g/mol. The summed E-state index contributed by atoms with van der Waals surface area (Å²) in [6.07, 6.45) is 2.43. The molecule has 3 aromatic rings. The van der Waals surface area contributed by atoms with Crippen molar-refractivity contribution in [2.75, 3.05) is 13.1 Å². The van der Waals surface area contributed by atoms with Gasteiger partial charge in [-0.15, -0.1) is 0 Å². The summed E-state index contributed by atoms with van der Waals surface area (Å²) in [4.78, 5) is 35.8. The van der Waals surface area contributed by atoms with Crippen molar-refractivity contribution < 1.29 is 23.3 Å². The first-order valence-corrected chi connectivity index (χ1v) is 11.2. The molecule has 0 aliphatic rings. The van der Waals surface area contributed by atoms with Crippen molar-refractivity contribution >= 4 is 17.5 Å². The number of nitro benzene ring substituents is 1. The molecule has 0 saturated heterocycles. The number of hydrogen-bond donors (Lipinski definition) is 2. The lowest BCUT2D eigenvalue weighted by Crippen LogP contribution is -2.27. The van der Waals surface area contributed by atoms with E-state index in [1.807, 2.05) is 0 Å². The highest BCUT2D eigenvalue weighted by molar-refractivity contribution is 6.00. The lowest BCUT2D eigenvalue weighted by Gasteiger charge is -2.09. The largest absolute Gasteiger partial charge is 0.352 e. The summed E-state index contributed by atoms with van der Waals surface area (Å²) < 4.78 is 25.9. The van der Waals surface area contributed by atoms with Crippen molar-refractivity contribution in [1.82, 2.24) is 10.6 Å². The second kappa shape index (κ2) is 12.4. The zero-order chi connectivity index (χ0) is 25.2. The summed E-state index contributed by atoms with van der Waals surface area (Å²) in [5.74, 6) is -1.70. The highest BCUT2D eigenvalue weighted by Crippen LogP contribution is 2.18. The van der Waals surface area contributed by atoms with E-state index in [-0.39, 0.29) is 28.4 Å². The first kappa shape index (κ1) is 25.5. The van der Waals surface area contributed by atoms with Gasteiger partial charge in [-0.25, -0.2) is 8.78 Å². The number of amides is 2. The van der Waals surface area contributed by atoms with Gasteiger partial charge in [0.15, 0.2) is 0 Å². The molecule has 0 saturated carbocycles. The molecule has 0 unspecified atom stereocenters. The molecule has 0 fully saturated rings. The molecule has 0 aliphatic carbocycles. The number of rotatable bonds is 11. The summed E-state index contributed by atoms with van der Waals surface area (Å²) >= 11 is 0. The van der Waals surface area contributed by atoms with Crippen LogP contribution in [0.15, 0.2) is 66.7 Å². The molecule has 35 heavy (non-hydrogen) atoms. The lowest BCUT2D eigenvalue weighted by molar-refractivity contribution is -0.384. The molecule has 2 amide bonds. The Hall–Kier alpha value is -4.14. The summed E-state index contributed by atoms with van der Waals surface area (Å²) in [7, 11) is 0. The average molecular weight is 481 g/mol. The minimum Gasteiger partial charge on any atom is -0.352 e. The first-order chi connectivity index (χ1) is 16.8. The van der Waals surface area contributed by atoms with E-state index in [0.717, 1.165) is 23.3 Å². The topological polar surface area (TPSA) is 101 Å². The van der Waals surface area contributed by atoms with Gasteiger partial charge in [-0.3, -0.25) is 19.7 Å². The van der Waals surface area contributed by atoms with Crippen LogP contribution in [0.2, 0.25) is 0 Å². The van der Waals surface area contributed by atoms with Gasteiger partial charge in [0, 0.05) is 36.3 Å². The maximum Gasteiger partial charge on any atom is 0.271 e. The number of halogens is 2. The van der Waals surface area contributed by atoms with Gasteiger partial charge >= 0.3 is 0 Å². The number of nitrogens with zero attached hydrogens (tertiary/aromatic N) is 1. The number of non-ortho nitro benzene ring substituents is 1. The van der Waals surface area contributed by atoms with Crippen LogP contribution < -0.4 is 10.6 Å². The molecule has 0 aromatic heterocycles. The Labute approximate surface area is 201 Å². The summed E-state index contributed by atoms with van der Waals surface area (Å²) in [6, 6.07) is 15.7. The highest BCUT2D eigenvalue weighted by Gasteiger charge is 2.18. The van der Waals surface area contributed by atoms with Crippen LogP contribution in [0.25, 0.3) is 0 Å². The molecule has 0 atom stereocenters. The maximum absolute atomic E-state index is 13.0. The fraction of sp³-hybridized carbons (Fsp3) is 0.231. The van der Waals surface area contributed by atoms with Crippen molar-refractivity contribution in [3.8, 4) is 0 Å². The number of benzene rings is 3. The molecule has 0 bridgehead atoms. The Morgan fingerprint density at radius 2 is 1.11 bits per heavy atom. The van der Waals surface area contributed by atoms with E-state index in [4.69, 9.17) is 0 Å². The van der Waals surface area contributed by atoms with Crippen molar-refractivity contribution in [2.24, 2.45) is 0 Å². The number of carbonyl (C=O) groups is 2. The number of hydrogen-bond acceptors (Lipinski definition) is 4. The van der Waals surface area contributed by atoms with Crippen molar-refractivity contribution in [3.63, 3.8) is 0 Å². The molecule has 7 nitrogen and oxygen atoms in total. The Kier molecular flexibility index (Phi) is 9.00. The van der Waals surface area contributed by atoms with Crippen LogP contribution in [-0.2, 0) is 12.8 Å². The fourth-order valence-electron chi connectivity index (χ4n) is 3.47. The molecule has 182 valence electrons. The summed E-state index contributed by atoms with van der Waals surface area (Å²) in [6.45, 7) is 0.619. The van der Waals surface area contributed by atoms with E-state index in [2.05, 4.69) is 10.6 Å². The van der Waals surface area contributed by atoms with E-state index >= 15 is 0 Å². The van der Waals surface area contributed by atoms with Gasteiger partial charge in [-0.2, -0.15) is 0 Å². The summed E-state index contributed by atoms with van der Waals surface area (Å²) in [5.41, 5.74) is 1.51. The first-order valence-electron chi connectivity index (χ1n) is 11.2. The van der Waals surface area contributed by atoms with Crippen molar-refractivity contribution in [3.05, 3.63) is 111 Å². The quantitative estimate of drug-likeness (QED) is 0.237. The van der Waals surface area contributed by atoms with Crippen LogP contribution in [0.5, 0.6) is 0 Å². The van der Waals surface area contributed by atoms with Gasteiger partial charge in [0.05, 0.1) is 4.92 Å². The van der Waals surface area contributed by atoms with Crippen LogP contribution in [0.4, 0.5) is 14.5 Å². The molecule has 0 aliphatic heterocycles. The van der Waals surface area contributed by atoms with Crippen LogP contribution in [-0.4, -0.2) is 29.8 Å². The number of carbonyl (C=O) groups excluding carboxylic acids is 2. The maximum atomic E-state index is 13.0. The van der Waals surface area contributed by atoms with Crippen LogP contribution in [0, 0.1) is 21.7 Å². The Bertz CT molecular complexity index is 1100. The molecule has 9 heteroatoms. The second-order valence-electron chi connectivity index (χ2n) is 8.00. The van der Waals surface area contributed by atoms with Crippen LogP contribution >= 0.6 is 0 Å². The molecule has 3 rings (SSSR count). The Morgan fingerprint density at radius 3 is 1.49 bits per heavy atom. The minimum atomic E-state index is -0.656. The zero-order valence-electron chi connectivity index (χ0n) is 18.9. The molecule has 3 aromatic carbocycles. The minimum absolute atomic E-state index is 0.0115. The predicted octanol–water partition coefficient (Wildman–Crippen LogP) is 4.60. The molecule has 0 radical (unpaired) electrons. The average Bonchev–Trinajstić information content (AvgIpc) is 2.86. The van der Waals surface area contributed by atoms with E-state index < -0.39 is 16.7 Å². The molecule has 0 heterocycles. The number of aryl methyl sites for hydroxylation is 2. The van der Waals surface area contributed by atoms with Gasteiger partial charge in [0.2, 0.25) is 0 Å². The normalized spacial score (nSPS) is 10.6. The third-order valence-corrected chi connectivity index (χ3v) is 5.34. The lowest BCUT2D eigenvalue weighted by atomic mass is 10.1. The standard InChI is InChI=1S/C26H25F2N3O4/c27-22-9-5-18(6-10-22)3-1-13-29-25(32)20-15-21(17-24(16-20)31(34)35)26(33)30-14-2-4-19-7-11-23(28)12-8-19/h5-12,15-17H,1-4,13-14H2,(H,29,32)(H,30,33). The Balaban J connectivity index is 1.54. The third kappa shape index (κ3) is 7.99. The molecule has 0 spiro atoms. The molecular weight excluding hydrogens is 456 g/mol. The van der Waals surface area contributed by atoms with Gasteiger partial charge in [0.25, 0.3) is 17.5 Å². The van der Waals surface area contributed by atoms with E-state index in [9.17, 15) is 28.5 Å².